The van der Waals surface area contributed by atoms with Crippen LogP contribution >= 0.6 is 0 Å². The lowest BCUT2D eigenvalue weighted by Gasteiger charge is -2.34. The maximum Gasteiger partial charge on any atom is 0.224 e. The molecule has 8 heteroatoms. The molecule has 1 aromatic carbocycles. The maximum absolute atomic E-state index is 12.7. The van der Waals surface area contributed by atoms with Crippen LogP contribution in [0.2, 0.25) is 0 Å². The van der Waals surface area contributed by atoms with Crippen LogP contribution in [0.5, 0.6) is 0 Å². The molecule has 0 unspecified atom stereocenters. The SMILES string of the molecule is O=C(NCCc1nccc(-c2ccccc2)n1)[C@H]1CCC(=O)N(CCN2CCOCC2)C1. The van der Waals surface area contributed by atoms with E-state index in [-0.39, 0.29) is 17.7 Å². The molecule has 2 aromatic rings. The molecule has 8 nitrogen and oxygen atoms in total. The maximum atomic E-state index is 12.7. The second-order valence-electron chi connectivity index (χ2n) is 8.29. The number of nitrogens with one attached hydrogen (secondary N) is 1. The molecule has 2 aliphatic rings. The highest BCUT2D eigenvalue weighted by Crippen LogP contribution is 2.18. The highest BCUT2D eigenvalue weighted by atomic mass is 16.5. The van der Waals surface area contributed by atoms with Gasteiger partial charge in [-0.2, -0.15) is 0 Å². The molecule has 2 saturated heterocycles. The van der Waals surface area contributed by atoms with Crippen molar-refractivity contribution in [3.8, 4) is 11.3 Å². The van der Waals surface area contributed by atoms with Crippen molar-refractivity contribution in [2.45, 2.75) is 19.3 Å². The van der Waals surface area contributed by atoms with Crippen LogP contribution in [0.1, 0.15) is 18.7 Å². The molecule has 2 amide bonds. The van der Waals surface area contributed by atoms with Crippen molar-refractivity contribution >= 4 is 11.8 Å². The van der Waals surface area contributed by atoms with Crippen LogP contribution in [0.3, 0.4) is 0 Å². The van der Waals surface area contributed by atoms with E-state index < -0.39 is 0 Å². The molecule has 0 aliphatic carbocycles. The molecule has 1 aromatic heterocycles. The van der Waals surface area contributed by atoms with Crippen molar-refractivity contribution in [2.75, 3.05) is 52.5 Å². The van der Waals surface area contributed by atoms with Crippen LogP contribution in [0.25, 0.3) is 11.3 Å². The first kappa shape index (κ1) is 22.4. The van der Waals surface area contributed by atoms with Crippen molar-refractivity contribution in [3.63, 3.8) is 0 Å². The summed E-state index contributed by atoms with van der Waals surface area (Å²) in [5.74, 6) is 0.702. The van der Waals surface area contributed by atoms with Crippen LogP contribution in [0, 0.1) is 5.92 Å². The summed E-state index contributed by atoms with van der Waals surface area (Å²) in [5, 5.41) is 3.02. The smallest absolute Gasteiger partial charge is 0.224 e. The van der Waals surface area contributed by atoms with Crippen LogP contribution in [-0.4, -0.2) is 84.1 Å². The predicted octanol–water partition coefficient (Wildman–Crippen LogP) is 1.37. The van der Waals surface area contributed by atoms with Gasteiger partial charge < -0.3 is 15.0 Å². The number of ether oxygens (including phenoxy) is 1. The summed E-state index contributed by atoms with van der Waals surface area (Å²) in [6.07, 6.45) is 3.37. The zero-order valence-electron chi connectivity index (χ0n) is 18.4. The summed E-state index contributed by atoms with van der Waals surface area (Å²) in [4.78, 5) is 38.1. The fraction of sp³-hybridized carbons (Fsp3) is 0.500. The number of carbonyl (C=O) groups excluding carboxylic acids is 2. The number of morpholine rings is 1. The third-order valence-corrected chi connectivity index (χ3v) is 6.08. The van der Waals surface area contributed by atoms with Crippen LogP contribution in [0.15, 0.2) is 42.6 Å². The number of benzene rings is 1. The van der Waals surface area contributed by atoms with Crippen LogP contribution in [0.4, 0.5) is 0 Å². The van der Waals surface area contributed by atoms with E-state index in [0.29, 0.717) is 44.7 Å². The molecule has 32 heavy (non-hydrogen) atoms. The number of nitrogens with zero attached hydrogens (tertiary/aromatic N) is 4. The number of piperidine rings is 1. The Labute approximate surface area is 189 Å². The standard InChI is InChI=1S/C24H31N5O3/c30-23-7-6-20(18-29(23)13-12-28-14-16-32-17-15-28)24(31)26-11-9-22-25-10-8-21(27-22)19-4-2-1-3-5-19/h1-5,8,10,20H,6-7,9,11-18H2,(H,26,31)/t20-/m0/s1. The first-order valence-electron chi connectivity index (χ1n) is 11.4. The summed E-state index contributed by atoms with van der Waals surface area (Å²) >= 11 is 0. The molecular weight excluding hydrogens is 406 g/mol. The van der Waals surface area contributed by atoms with E-state index in [4.69, 9.17) is 4.74 Å². The van der Waals surface area contributed by atoms with Crippen molar-refractivity contribution < 1.29 is 14.3 Å². The van der Waals surface area contributed by atoms with Gasteiger partial charge in [0, 0.05) is 63.9 Å². The summed E-state index contributed by atoms with van der Waals surface area (Å²) in [6, 6.07) is 11.9. The molecule has 4 rings (SSSR count). The van der Waals surface area contributed by atoms with E-state index in [9.17, 15) is 9.59 Å². The minimum absolute atomic E-state index is 0.00749. The topological polar surface area (TPSA) is 87.7 Å². The average molecular weight is 438 g/mol. The Morgan fingerprint density at radius 2 is 1.94 bits per heavy atom. The summed E-state index contributed by atoms with van der Waals surface area (Å²) in [6.45, 7) is 5.78. The first-order chi connectivity index (χ1) is 15.7. The Bertz CT molecular complexity index is 902. The van der Waals surface area contributed by atoms with Crippen LogP contribution < -0.4 is 5.32 Å². The van der Waals surface area contributed by atoms with Gasteiger partial charge >= 0.3 is 0 Å². The lowest BCUT2D eigenvalue weighted by Crippen LogP contribution is -2.49. The van der Waals surface area contributed by atoms with Gasteiger partial charge in [-0.05, 0) is 12.5 Å². The molecule has 0 radical (unpaired) electrons. The van der Waals surface area contributed by atoms with E-state index in [1.807, 2.05) is 41.3 Å². The van der Waals surface area contributed by atoms with Crippen molar-refractivity contribution in [1.82, 2.24) is 25.1 Å². The molecule has 2 aliphatic heterocycles. The van der Waals surface area contributed by atoms with Gasteiger partial charge in [-0.1, -0.05) is 30.3 Å². The Morgan fingerprint density at radius 1 is 1.12 bits per heavy atom. The number of likely N-dealkylation sites (tertiary alicyclic amines) is 1. The monoisotopic (exact) mass is 437 g/mol. The number of carbonyl (C=O) groups is 2. The molecule has 1 atom stereocenters. The zero-order valence-corrected chi connectivity index (χ0v) is 18.4. The van der Waals surface area contributed by atoms with Gasteiger partial charge in [-0.25, -0.2) is 9.97 Å². The predicted molar refractivity (Wildman–Crippen MR) is 121 cm³/mol. The van der Waals surface area contributed by atoms with Gasteiger partial charge in [0.2, 0.25) is 11.8 Å². The second-order valence-corrected chi connectivity index (χ2v) is 8.29. The van der Waals surface area contributed by atoms with Crippen molar-refractivity contribution in [3.05, 3.63) is 48.4 Å². The van der Waals surface area contributed by atoms with E-state index in [0.717, 1.165) is 44.1 Å². The number of rotatable bonds is 8. The van der Waals surface area contributed by atoms with Crippen molar-refractivity contribution in [1.29, 1.82) is 0 Å². The number of hydrogen-bond donors (Lipinski definition) is 1. The molecule has 0 spiro atoms. The number of hydrogen-bond acceptors (Lipinski definition) is 6. The third kappa shape index (κ3) is 6.11. The Morgan fingerprint density at radius 3 is 2.75 bits per heavy atom. The lowest BCUT2D eigenvalue weighted by molar-refractivity contribution is -0.138. The highest BCUT2D eigenvalue weighted by molar-refractivity contribution is 5.83. The summed E-state index contributed by atoms with van der Waals surface area (Å²) in [5.41, 5.74) is 1.92. The average Bonchev–Trinajstić information content (AvgIpc) is 2.85. The van der Waals surface area contributed by atoms with Gasteiger partial charge in [0.25, 0.3) is 0 Å². The Hall–Kier alpha value is -2.84. The van der Waals surface area contributed by atoms with Gasteiger partial charge in [0.15, 0.2) is 0 Å². The quantitative estimate of drug-likeness (QED) is 0.671. The third-order valence-electron chi connectivity index (χ3n) is 6.08. The second kappa shape index (κ2) is 11.2. The number of amides is 2. The summed E-state index contributed by atoms with van der Waals surface area (Å²) in [7, 11) is 0. The van der Waals surface area contributed by atoms with E-state index in [2.05, 4.69) is 20.2 Å². The minimum Gasteiger partial charge on any atom is -0.379 e. The largest absolute Gasteiger partial charge is 0.379 e. The molecule has 170 valence electrons. The Kier molecular flexibility index (Phi) is 7.79. The van der Waals surface area contributed by atoms with E-state index >= 15 is 0 Å². The van der Waals surface area contributed by atoms with Crippen LogP contribution in [-0.2, 0) is 20.7 Å². The fourth-order valence-corrected chi connectivity index (χ4v) is 4.16. The molecule has 2 fully saturated rings. The zero-order chi connectivity index (χ0) is 22.2. The van der Waals surface area contributed by atoms with Crippen molar-refractivity contribution in [2.24, 2.45) is 5.92 Å². The molecular formula is C24H31N5O3. The van der Waals surface area contributed by atoms with E-state index in [1.54, 1.807) is 6.20 Å². The van der Waals surface area contributed by atoms with Gasteiger partial charge in [-0.15, -0.1) is 0 Å². The number of aromatic nitrogens is 2. The highest BCUT2D eigenvalue weighted by Gasteiger charge is 2.30. The fourth-order valence-electron chi connectivity index (χ4n) is 4.16. The molecule has 0 bridgehead atoms. The van der Waals surface area contributed by atoms with E-state index in [1.165, 1.54) is 0 Å². The van der Waals surface area contributed by atoms with Gasteiger partial charge in [0.05, 0.1) is 24.8 Å². The summed E-state index contributed by atoms with van der Waals surface area (Å²) < 4.78 is 5.38. The minimum atomic E-state index is -0.158. The molecule has 0 saturated carbocycles. The molecule has 1 N–H and O–H groups in total. The molecule has 3 heterocycles. The van der Waals surface area contributed by atoms with Gasteiger partial charge in [-0.3, -0.25) is 14.5 Å². The van der Waals surface area contributed by atoms with Gasteiger partial charge in [0.1, 0.15) is 5.82 Å². The Balaban J connectivity index is 1.23. The first-order valence-corrected chi connectivity index (χ1v) is 11.4. The lowest BCUT2D eigenvalue weighted by atomic mass is 9.96. The normalized spacial score (nSPS) is 19.7.